The molecule has 0 aromatic carbocycles. The second kappa shape index (κ2) is 8.09. The predicted molar refractivity (Wildman–Crippen MR) is 75.5 cm³/mol. The maximum Gasteiger partial charge on any atom is 0.317 e. The van der Waals surface area contributed by atoms with Gasteiger partial charge < -0.3 is 20.4 Å². The number of urea groups is 1. The van der Waals surface area contributed by atoms with Gasteiger partial charge in [-0.1, -0.05) is 26.2 Å². The van der Waals surface area contributed by atoms with Crippen molar-refractivity contribution in [3.63, 3.8) is 0 Å². The average Bonchev–Trinajstić information content (AvgIpc) is 2.42. The molecule has 0 aliphatic heterocycles. The number of nitrogens with zero attached hydrogens (tertiary/aromatic N) is 1. The number of rotatable bonds is 6. The molecule has 0 saturated heterocycles. The molecule has 1 aliphatic carbocycles. The summed E-state index contributed by atoms with van der Waals surface area (Å²) in [5.41, 5.74) is 0. The van der Waals surface area contributed by atoms with Crippen molar-refractivity contribution in [1.29, 1.82) is 0 Å². The number of carboxylic acid groups (broad SMARTS) is 1. The Bertz CT molecular complexity index is 335. The zero-order valence-corrected chi connectivity index (χ0v) is 12.3. The van der Waals surface area contributed by atoms with Crippen molar-refractivity contribution in [1.82, 2.24) is 10.2 Å². The van der Waals surface area contributed by atoms with Crippen molar-refractivity contribution in [2.45, 2.75) is 57.6 Å². The van der Waals surface area contributed by atoms with Crippen LogP contribution in [0.4, 0.5) is 4.79 Å². The summed E-state index contributed by atoms with van der Waals surface area (Å²) in [5.74, 6) is -1.43. The van der Waals surface area contributed by atoms with Crippen molar-refractivity contribution in [2.24, 2.45) is 5.92 Å². The third-order valence-electron chi connectivity index (χ3n) is 4.00. The summed E-state index contributed by atoms with van der Waals surface area (Å²) < 4.78 is 0. The number of hydrogen-bond acceptors (Lipinski definition) is 3. The van der Waals surface area contributed by atoms with Gasteiger partial charge in [0.2, 0.25) is 0 Å². The van der Waals surface area contributed by atoms with E-state index in [1.54, 1.807) is 7.05 Å². The Labute approximate surface area is 120 Å². The number of likely N-dealkylation sites (N-methyl/N-ethyl adjacent to an activating group) is 1. The summed E-state index contributed by atoms with van der Waals surface area (Å²) in [7, 11) is 1.66. The van der Waals surface area contributed by atoms with Crippen LogP contribution in [0, 0.1) is 5.92 Å². The highest BCUT2D eigenvalue weighted by Gasteiger charge is 2.29. The van der Waals surface area contributed by atoms with Gasteiger partial charge in [0.05, 0.1) is 18.1 Å². The number of aliphatic hydroxyl groups excluding tert-OH is 1. The highest BCUT2D eigenvalue weighted by atomic mass is 16.4. The van der Waals surface area contributed by atoms with Crippen LogP contribution in [0.3, 0.4) is 0 Å². The summed E-state index contributed by atoms with van der Waals surface area (Å²) in [4.78, 5) is 24.6. The summed E-state index contributed by atoms with van der Waals surface area (Å²) in [5, 5.41) is 21.6. The van der Waals surface area contributed by atoms with Gasteiger partial charge in [-0.25, -0.2) is 4.79 Å². The molecule has 0 bridgehead atoms. The number of nitrogens with one attached hydrogen (secondary N) is 1. The zero-order chi connectivity index (χ0) is 15.1. The van der Waals surface area contributed by atoms with Crippen molar-refractivity contribution < 1.29 is 19.8 Å². The molecule has 3 N–H and O–H groups in total. The second-order valence-corrected chi connectivity index (χ2v) is 5.54. The zero-order valence-electron chi connectivity index (χ0n) is 12.3. The Morgan fingerprint density at radius 1 is 1.35 bits per heavy atom. The smallest absolute Gasteiger partial charge is 0.317 e. The molecule has 1 fully saturated rings. The maximum atomic E-state index is 12.0. The van der Waals surface area contributed by atoms with Crippen LogP contribution in [0.2, 0.25) is 0 Å². The Morgan fingerprint density at radius 3 is 2.55 bits per heavy atom. The van der Waals surface area contributed by atoms with Gasteiger partial charge in [-0.05, 0) is 19.3 Å². The summed E-state index contributed by atoms with van der Waals surface area (Å²) in [6.07, 6.45) is 4.34. The average molecular weight is 286 g/mol. The topological polar surface area (TPSA) is 89.9 Å². The number of aliphatic carboxylic acids is 1. The normalized spacial score (nSPS) is 23.9. The van der Waals surface area contributed by atoms with Crippen LogP contribution < -0.4 is 5.32 Å². The first-order valence-corrected chi connectivity index (χ1v) is 7.38. The van der Waals surface area contributed by atoms with E-state index in [9.17, 15) is 14.7 Å². The maximum absolute atomic E-state index is 12.0. The first-order chi connectivity index (χ1) is 9.47. The third kappa shape index (κ3) is 4.67. The molecular weight excluding hydrogens is 260 g/mol. The molecule has 1 aliphatic rings. The Morgan fingerprint density at radius 2 is 2.00 bits per heavy atom. The van der Waals surface area contributed by atoms with Gasteiger partial charge in [-0.3, -0.25) is 4.79 Å². The van der Waals surface area contributed by atoms with Crippen LogP contribution in [0.5, 0.6) is 0 Å². The van der Waals surface area contributed by atoms with E-state index in [2.05, 4.69) is 5.32 Å². The first kappa shape index (κ1) is 16.8. The molecule has 0 heterocycles. The standard InChI is InChI=1S/C14H26N2O4/c1-3-6-10(13(18)19)9-15-14(20)16(2)11-7-4-5-8-12(11)17/h10-12,17H,3-9H2,1-2H3,(H,15,20)(H,18,19). The summed E-state index contributed by atoms with van der Waals surface area (Å²) in [6.45, 7) is 2.05. The Balaban J connectivity index is 2.46. The molecule has 0 spiro atoms. The van der Waals surface area contributed by atoms with Gasteiger partial charge in [-0.2, -0.15) is 0 Å². The quantitative estimate of drug-likeness (QED) is 0.689. The van der Waals surface area contributed by atoms with Crippen LogP contribution in [-0.2, 0) is 4.79 Å². The van der Waals surface area contributed by atoms with E-state index in [4.69, 9.17) is 5.11 Å². The molecule has 116 valence electrons. The summed E-state index contributed by atoms with van der Waals surface area (Å²) >= 11 is 0. The molecule has 0 radical (unpaired) electrons. The molecule has 6 nitrogen and oxygen atoms in total. The number of amides is 2. The minimum atomic E-state index is -0.882. The lowest BCUT2D eigenvalue weighted by Crippen LogP contribution is -2.51. The SMILES string of the molecule is CCCC(CNC(=O)N(C)C1CCCCC1O)C(=O)O. The number of aliphatic hydroxyl groups is 1. The van der Waals surface area contributed by atoms with Gasteiger partial charge >= 0.3 is 12.0 Å². The summed E-state index contributed by atoms with van der Waals surface area (Å²) in [6, 6.07) is -0.475. The van der Waals surface area contributed by atoms with Crippen molar-refractivity contribution in [3.8, 4) is 0 Å². The molecule has 20 heavy (non-hydrogen) atoms. The lowest BCUT2D eigenvalue weighted by atomic mass is 9.92. The highest BCUT2D eigenvalue weighted by molar-refractivity contribution is 5.76. The van der Waals surface area contributed by atoms with Gasteiger partial charge in [0, 0.05) is 13.6 Å². The third-order valence-corrected chi connectivity index (χ3v) is 4.00. The van der Waals surface area contributed by atoms with Gasteiger partial charge in [0.15, 0.2) is 0 Å². The number of carbonyl (C=O) groups is 2. The number of carbonyl (C=O) groups excluding carboxylic acids is 1. The predicted octanol–water partition coefficient (Wildman–Crippen LogP) is 1.43. The Kier molecular flexibility index (Phi) is 6.78. The van der Waals surface area contributed by atoms with Gasteiger partial charge in [-0.15, -0.1) is 0 Å². The fourth-order valence-electron chi connectivity index (χ4n) is 2.69. The number of hydrogen-bond donors (Lipinski definition) is 3. The van der Waals surface area contributed by atoms with Crippen LogP contribution in [0.25, 0.3) is 0 Å². The minimum absolute atomic E-state index is 0.134. The molecule has 0 aromatic heterocycles. The molecule has 6 heteroatoms. The minimum Gasteiger partial charge on any atom is -0.481 e. The fourth-order valence-corrected chi connectivity index (χ4v) is 2.69. The molecule has 3 unspecified atom stereocenters. The molecule has 1 saturated carbocycles. The van der Waals surface area contributed by atoms with Crippen LogP contribution in [0.15, 0.2) is 0 Å². The first-order valence-electron chi connectivity index (χ1n) is 7.38. The van der Waals surface area contributed by atoms with Crippen LogP contribution in [0.1, 0.15) is 45.4 Å². The van der Waals surface area contributed by atoms with E-state index in [1.807, 2.05) is 6.92 Å². The van der Waals surface area contributed by atoms with Crippen LogP contribution in [-0.4, -0.2) is 52.9 Å². The van der Waals surface area contributed by atoms with E-state index in [1.165, 1.54) is 4.90 Å². The van der Waals surface area contributed by atoms with E-state index in [0.29, 0.717) is 6.42 Å². The van der Waals surface area contributed by atoms with Crippen molar-refractivity contribution in [2.75, 3.05) is 13.6 Å². The number of carboxylic acids is 1. The van der Waals surface area contributed by atoms with Crippen molar-refractivity contribution in [3.05, 3.63) is 0 Å². The molecular formula is C14H26N2O4. The van der Waals surface area contributed by atoms with E-state index < -0.39 is 18.0 Å². The van der Waals surface area contributed by atoms with E-state index in [-0.39, 0.29) is 18.6 Å². The van der Waals surface area contributed by atoms with E-state index >= 15 is 0 Å². The molecule has 2 amide bonds. The van der Waals surface area contributed by atoms with Crippen LogP contribution >= 0.6 is 0 Å². The van der Waals surface area contributed by atoms with Crippen molar-refractivity contribution >= 4 is 12.0 Å². The van der Waals surface area contributed by atoms with Gasteiger partial charge in [0.1, 0.15) is 0 Å². The Hall–Kier alpha value is -1.30. The molecule has 0 aromatic rings. The largest absolute Gasteiger partial charge is 0.481 e. The lowest BCUT2D eigenvalue weighted by Gasteiger charge is -2.35. The monoisotopic (exact) mass is 286 g/mol. The fraction of sp³-hybridized carbons (Fsp3) is 0.857. The lowest BCUT2D eigenvalue weighted by molar-refractivity contribution is -0.141. The van der Waals surface area contributed by atoms with E-state index in [0.717, 1.165) is 32.1 Å². The second-order valence-electron chi connectivity index (χ2n) is 5.54. The molecule has 3 atom stereocenters. The highest BCUT2D eigenvalue weighted by Crippen LogP contribution is 2.22. The molecule has 1 rings (SSSR count). The van der Waals surface area contributed by atoms with Gasteiger partial charge in [0.25, 0.3) is 0 Å².